The number of aromatic hydroxyl groups is 2. The summed E-state index contributed by atoms with van der Waals surface area (Å²) in [5.41, 5.74) is 4.42. The number of carbonyl (C=O) groups excluding carboxylic acids is 1. The minimum absolute atomic E-state index is 0.164. The zero-order chi connectivity index (χ0) is 20.9. The molecular formula is C23H23N3O4. The SMILES string of the molecule is O=C(N/N=C/c1ccc(O)c2ccccc12)c1ccc(O)c(CN2CCOCC2)c1. The summed E-state index contributed by atoms with van der Waals surface area (Å²) in [5.74, 6) is -0.00153. The second kappa shape index (κ2) is 8.94. The molecular weight excluding hydrogens is 382 g/mol. The number of carbonyl (C=O) groups is 1. The third-order valence-electron chi connectivity index (χ3n) is 5.14. The van der Waals surface area contributed by atoms with E-state index in [-0.39, 0.29) is 17.4 Å². The molecule has 0 spiro atoms. The quantitative estimate of drug-likeness (QED) is 0.448. The zero-order valence-corrected chi connectivity index (χ0v) is 16.4. The number of rotatable bonds is 5. The minimum Gasteiger partial charge on any atom is -0.508 e. The van der Waals surface area contributed by atoms with E-state index >= 15 is 0 Å². The number of hydrogen-bond acceptors (Lipinski definition) is 6. The number of phenols is 2. The van der Waals surface area contributed by atoms with Gasteiger partial charge in [0.25, 0.3) is 5.91 Å². The van der Waals surface area contributed by atoms with Crippen LogP contribution in [0.1, 0.15) is 21.5 Å². The molecule has 0 atom stereocenters. The van der Waals surface area contributed by atoms with Crippen LogP contribution in [0.2, 0.25) is 0 Å². The fourth-order valence-electron chi connectivity index (χ4n) is 3.50. The molecule has 1 amide bonds. The first-order valence-electron chi connectivity index (χ1n) is 9.78. The van der Waals surface area contributed by atoms with E-state index in [0.29, 0.717) is 30.9 Å². The Balaban J connectivity index is 1.47. The minimum atomic E-state index is -0.363. The van der Waals surface area contributed by atoms with Gasteiger partial charge < -0.3 is 14.9 Å². The van der Waals surface area contributed by atoms with Crippen LogP contribution < -0.4 is 5.43 Å². The van der Waals surface area contributed by atoms with Crippen molar-refractivity contribution >= 4 is 22.9 Å². The average Bonchev–Trinajstić information content (AvgIpc) is 2.77. The van der Waals surface area contributed by atoms with Gasteiger partial charge in [-0.2, -0.15) is 5.10 Å². The van der Waals surface area contributed by atoms with E-state index < -0.39 is 0 Å². The number of ether oxygens (including phenoxy) is 1. The average molecular weight is 405 g/mol. The maximum absolute atomic E-state index is 12.5. The number of nitrogens with zero attached hydrogens (tertiary/aromatic N) is 2. The number of nitrogens with one attached hydrogen (secondary N) is 1. The molecule has 1 aliphatic rings. The van der Waals surface area contributed by atoms with Crippen molar-refractivity contribution in [3.8, 4) is 11.5 Å². The van der Waals surface area contributed by atoms with E-state index in [0.717, 1.165) is 29.4 Å². The molecule has 0 radical (unpaired) electrons. The summed E-state index contributed by atoms with van der Waals surface area (Å²) in [4.78, 5) is 14.7. The number of benzene rings is 3. The Morgan fingerprint density at radius 2 is 1.77 bits per heavy atom. The highest BCUT2D eigenvalue weighted by Crippen LogP contribution is 2.26. The second-order valence-corrected chi connectivity index (χ2v) is 7.15. The molecule has 1 fully saturated rings. The van der Waals surface area contributed by atoms with Gasteiger partial charge in [0.2, 0.25) is 0 Å². The van der Waals surface area contributed by atoms with Crippen molar-refractivity contribution in [1.29, 1.82) is 0 Å². The van der Waals surface area contributed by atoms with Crippen LogP contribution >= 0.6 is 0 Å². The van der Waals surface area contributed by atoms with E-state index in [1.54, 1.807) is 30.5 Å². The molecule has 0 saturated carbocycles. The van der Waals surface area contributed by atoms with E-state index in [2.05, 4.69) is 15.4 Å². The summed E-state index contributed by atoms with van der Waals surface area (Å²) in [7, 11) is 0. The van der Waals surface area contributed by atoms with Crippen molar-refractivity contribution in [3.63, 3.8) is 0 Å². The first kappa shape index (κ1) is 19.9. The van der Waals surface area contributed by atoms with Crippen molar-refractivity contribution in [2.75, 3.05) is 26.3 Å². The van der Waals surface area contributed by atoms with E-state index in [1.165, 1.54) is 6.07 Å². The highest BCUT2D eigenvalue weighted by Gasteiger charge is 2.15. The molecule has 1 aliphatic heterocycles. The van der Waals surface area contributed by atoms with Gasteiger partial charge in [-0.25, -0.2) is 5.43 Å². The van der Waals surface area contributed by atoms with Gasteiger partial charge >= 0.3 is 0 Å². The normalized spacial score (nSPS) is 14.9. The van der Waals surface area contributed by atoms with Crippen molar-refractivity contribution in [1.82, 2.24) is 10.3 Å². The predicted molar refractivity (Wildman–Crippen MR) is 115 cm³/mol. The maximum atomic E-state index is 12.5. The molecule has 1 saturated heterocycles. The van der Waals surface area contributed by atoms with Gasteiger partial charge in [-0.05, 0) is 35.7 Å². The molecule has 0 unspecified atom stereocenters. The molecule has 3 aromatic carbocycles. The Hall–Kier alpha value is -3.42. The van der Waals surface area contributed by atoms with Gasteiger partial charge in [0.05, 0.1) is 19.4 Å². The first-order valence-corrected chi connectivity index (χ1v) is 9.78. The maximum Gasteiger partial charge on any atom is 0.271 e. The van der Waals surface area contributed by atoms with Gasteiger partial charge in [-0.3, -0.25) is 9.69 Å². The monoisotopic (exact) mass is 405 g/mol. The highest BCUT2D eigenvalue weighted by molar-refractivity contribution is 6.02. The smallest absolute Gasteiger partial charge is 0.271 e. The van der Waals surface area contributed by atoms with Crippen LogP contribution in [0.4, 0.5) is 0 Å². The fourth-order valence-corrected chi connectivity index (χ4v) is 3.50. The van der Waals surface area contributed by atoms with Gasteiger partial charge in [0, 0.05) is 41.7 Å². The second-order valence-electron chi connectivity index (χ2n) is 7.15. The molecule has 3 aromatic rings. The van der Waals surface area contributed by atoms with Gasteiger partial charge in [-0.1, -0.05) is 24.3 Å². The standard InChI is InChI=1S/C23H23N3O4/c27-21-7-5-16(13-18(21)15-26-9-11-30-12-10-26)23(29)25-24-14-17-6-8-22(28)20-4-2-1-3-19(17)20/h1-8,13-14,27-28H,9-12,15H2,(H,25,29)/b24-14+. The van der Waals surface area contributed by atoms with E-state index in [4.69, 9.17) is 4.74 Å². The van der Waals surface area contributed by atoms with Gasteiger partial charge in [0.1, 0.15) is 11.5 Å². The van der Waals surface area contributed by atoms with Crippen LogP contribution in [0.5, 0.6) is 11.5 Å². The molecule has 0 aromatic heterocycles. The molecule has 4 rings (SSSR count). The third-order valence-corrected chi connectivity index (χ3v) is 5.14. The highest BCUT2D eigenvalue weighted by atomic mass is 16.5. The van der Waals surface area contributed by atoms with E-state index in [9.17, 15) is 15.0 Å². The summed E-state index contributed by atoms with van der Waals surface area (Å²) >= 11 is 0. The predicted octanol–water partition coefficient (Wildman–Crippen LogP) is 2.85. The van der Waals surface area contributed by atoms with Gasteiger partial charge in [0.15, 0.2) is 0 Å². The first-order chi connectivity index (χ1) is 14.6. The summed E-state index contributed by atoms with van der Waals surface area (Å²) in [5, 5.41) is 25.8. The Bertz CT molecular complexity index is 1090. The van der Waals surface area contributed by atoms with Crippen LogP contribution in [0.3, 0.4) is 0 Å². The summed E-state index contributed by atoms with van der Waals surface area (Å²) < 4.78 is 5.35. The third kappa shape index (κ3) is 4.42. The van der Waals surface area contributed by atoms with Crippen molar-refractivity contribution in [3.05, 3.63) is 71.3 Å². The van der Waals surface area contributed by atoms with Crippen LogP contribution in [-0.2, 0) is 11.3 Å². The summed E-state index contributed by atoms with van der Waals surface area (Å²) in [6.07, 6.45) is 1.55. The lowest BCUT2D eigenvalue weighted by Crippen LogP contribution is -2.35. The van der Waals surface area contributed by atoms with Crippen LogP contribution in [0.25, 0.3) is 10.8 Å². The Kier molecular flexibility index (Phi) is 5.92. The largest absolute Gasteiger partial charge is 0.508 e. The number of fused-ring (bicyclic) bond motifs is 1. The molecule has 3 N–H and O–H groups in total. The van der Waals surface area contributed by atoms with E-state index in [1.807, 2.05) is 24.3 Å². The lowest BCUT2D eigenvalue weighted by atomic mass is 10.0. The molecule has 30 heavy (non-hydrogen) atoms. The number of morpholine rings is 1. The van der Waals surface area contributed by atoms with Crippen molar-refractivity contribution in [2.24, 2.45) is 5.10 Å². The molecule has 1 heterocycles. The number of hydrogen-bond donors (Lipinski definition) is 3. The number of phenolic OH excluding ortho intramolecular Hbond substituents is 2. The Morgan fingerprint density at radius 1 is 1.03 bits per heavy atom. The number of hydrazone groups is 1. The topological polar surface area (TPSA) is 94.4 Å². The van der Waals surface area contributed by atoms with Gasteiger partial charge in [-0.15, -0.1) is 0 Å². The number of amides is 1. The molecule has 154 valence electrons. The molecule has 0 bridgehead atoms. The Labute approximate surface area is 174 Å². The van der Waals surface area contributed by atoms with Crippen molar-refractivity contribution in [2.45, 2.75) is 6.54 Å². The van der Waals surface area contributed by atoms with Crippen LogP contribution in [0.15, 0.2) is 59.7 Å². The molecule has 7 heteroatoms. The van der Waals surface area contributed by atoms with Crippen molar-refractivity contribution < 1.29 is 19.7 Å². The Morgan fingerprint density at radius 3 is 2.57 bits per heavy atom. The van der Waals surface area contributed by atoms with Crippen LogP contribution in [-0.4, -0.2) is 53.5 Å². The van der Waals surface area contributed by atoms with Crippen LogP contribution in [0, 0.1) is 0 Å². The molecule has 7 nitrogen and oxygen atoms in total. The fraction of sp³-hybridized carbons (Fsp3) is 0.217. The summed E-state index contributed by atoms with van der Waals surface area (Å²) in [6.45, 7) is 3.48. The summed E-state index contributed by atoms with van der Waals surface area (Å²) in [6, 6.07) is 15.6. The molecule has 0 aliphatic carbocycles. The zero-order valence-electron chi connectivity index (χ0n) is 16.4. The lowest BCUT2D eigenvalue weighted by molar-refractivity contribution is 0.0338. The lowest BCUT2D eigenvalue weighted by Gasteiger charge is -2.26.